The zero-order valence-corrected chi connectivity index (χ0v) is 12.2. The van der Waals surface area contributed by atoms with Crippen LogP contribution in [0.3, 0.4) is 0 Å². The van der Waals surface area contributed by atoms with Gasteiger partial charge in [0.25, 0.3) is 0 Å². The number of aliphatic hydroxyl groups is 1. The molecule has 0 aromatic rings. The summed E-state index contributed by atoms with van der Waals surface area (Å²) in [7, 11) is 0. The summed E-state index contributed by atoms with van der Waals surface area (Å²) in [5.41, 5.74) is 0.233. The van der Waals surface area contributed by atoms with Gasteiger partial charge < -0.3 is 0 Å². The van der Waals surface area contributed by atoms with Crippen LogP contribution in [0.2, 0.25) is 0 Å². The third-order valence-corrected chi connectivity index (χ3v) is 9.41. The Bertz CT molecular complexity index is 235. The minimum atomic E-state index is -0.252. The fraction of sp³-hybridized carbons (Fsp3) is 1.00. The number of rotatable bonds is 2. The molecule has 1 N–H and O–H groups in total. The van der Waals surface area contributed by atoms with Gasteiger partial charge in [-0.15, -0.1) is 0 Å². The van der Waals surface area contributed by atoms with Gasteiger partial charge >= 0.3 is 102 Å². The zero-order valence-electron chi connectivity index (χ0n) is 9.22. The van der Waals surface area contributed by atoms with Gasteiger partial charge in [-0.25, -0.2) is 0 Å². The van der Waals surface area contributed by atoms with Crippen molar-refractivity contribution in [2.75, 3.05) is 11.2 Å². The fourth-order valence-corrected chi connectivity index (χ4v) is 8.23. The molecule has 1 nitrogen and oxygen atoms in total. The molecule has 0 aromatic heterocycles. The molecule has 2 aliphatic carbocycles. The molecular formula is C11H20IOS-. The number of hydrogen-bond acceptors (Lipinski definition) is 2. The van der Waals surface area contributed by atoms with Crippen molar-refractivity contribution in [3.63, 3.8) is 0 Å². The summed E-state index contributed by atoms with van der Waals surface area (Å²) in [6.45, 7) is 2.34. The van der Waals surface area contributed by atoms with Gasteiger partial charge in [0.05, 0.1) is 0 Å². The summed E-state index contributed by atoms with van der Waals surface area (Å²) in [6, 6.07) is 0. The van der Waals surface area contributed by atoms with Crippen molar-refractivity contribution in [2.24, 2.45) is 11.3 Å². The van der Waals surface area contributed by atoms with Crippen LogP contribution < -0.4 is 21.2 Å². The van der Waals surface area contributed by atoms with Crippen molar-refractivity contribution in [2.45, 2.75) is 41.5 Å². The second kappa shape index (κ2) is 3.81. The zero-order chi connectivity index (χ0) is 10.4. The Morgan fingerprint density at radius 3 is 2.71 bits per heavy atom. The first-order valence-corrected chi connectivity index (χ1v) is 9.86. The third-order valence-electron chi connectivity index (χ3n) is 4.37. The number of halogens is 1. The summed E-state index contributed by atoms with van der Waals surface area (Å²) in [4.78, 5) is 2.26. The van der Waals surface area contributed by atoms with Gasteiger partial charge in [0, 0.05) is 0 Å². The number of fused-ring (bicyclic) bond motifs is 2. The molecule has 3 heteroatoms. The first kappa shape index (κ1) is 11.5. The van der Waals surface area contributed by atoms with E-state index in [-0.39, 0.29) is 30.2 Å². The molecule has 0 aromatic carbocycles. The molecule has 14 heavy (non-hydrogen) atoms. The molecule has 4 atom stereocenters. The van der Waals surface area contributed by atoms with Gasteiger partial charge in [-0.05, 0) is 0 Å². The topological polar surface area (TPSA) is 20.2 Å². The molecular weight excluding hydrogens is 307 g/mol. The summed E-state index contributed by atoms with van der Waals surface area (Å²) in [5, 5.41) is 11.6. The Morgan fingerprint density at radius 2 is 2.21 bits per heavy atom. The quantitative estimate of drug-likeness (QED) is 0.537. The van der Waals surface area contributed by atoms with Crippen LogP contribution in [0.15, 0.2) is 0 Å². The third kappa shape index (κ3) is 1.31. The summed E-state index contributed by atoms with van der Waals surface area (Å²) in [6.07, 6.45) is 7.34. The average Bonchev–Trinajstić information content (AvgIpc) is 2.34. The number of hydrogen-bond donors (Lipinski definition) is 1. The molecule has 0 spiro atoms. The molecule has 0 aliphatic heterocycles. The molecule has 0 heterocycles. The van der Waals surface area contributed by atoms with E-state index in [1.54, 1.807) is 0 Å². The van der Waals surface area contributed by atoms with Crippen LogP contribution in [0.25, 0.3) is 0 Å². The van der Waals surface area contributed by atoms with E-state index in [1.165, 1.54) is 25.7 Å². The summed E-state index contributed by atoms with van der Waals surface area (Å²) >= 11 is 1.93. The second-order valence-corrected chi connectivity index (χ2v) is 8.59. The number of thioether (sulfide) groups is 1. The predicted molar refractivity (Wildman–Crippen MR) is 58.2 cm³/mol. The van der Waals surface area contributed by atoms with E-state index in [4.69, 9.17) is 0 Å². The van der Waals surface area contributed by atoms with Gasteiger partial charge in [0.2, 0.25) is 0 Å². The van der Waals surface area contributed by atoms with Crippen LogP contribution in [-0.4, -0.2) is 25.2 Å². The second-order valence-electron chi connectivity index (χ2n) is 4.83. The Balaban J connectivity index is 2.35. The SMILES string of the molecule is CSC1CC2CCCC1(C)C2(O)[I-]C. The van der Waals surface area contributed by atoms with Crippen LogP contribution in [0, 0.1) is 11.3 Å². The van der Waals surface area contributed by atoms with E-state index >= 15 is 0 Å². The van der Waals surface area contributed by atoms with E-state index in [1.807, 2.05) is 11.8 Å². The van der Waals surface area contributed by atoms with Crippen molar-refractivity contribution in [1.29, 1.82) is 0 Å². The van der Waals surface area contributed by atoms with E-state index in [9.17, 15) is 5.11 Å². The molecule has 2 rings (SSSR count). The maximum atomic E-state index is 10.9. The van der Waals surface area contributed by atoms with Crippen molar-refractivity contribution in [3.05, 3.63) is 0 Å². The molecule has 0 saturated heterocycles. The Labute approximate surface area is 102 Å². The summed E-state index contributed by atoms with van der Waals surface area (Å²) < 4.78 is -0.252. The van der Waals surface area contributed by atoms with Gasteiger partial charge in [-0.3, -0.25) is 0 Å². The molecule has 0 amide bonds. The van der Waals surface area contributed by atoms with E-state index in [0.29, 0.717) is 11.2 Å². The normalized spacial score (nSPS) is 52.6. The number of alkyl halides is 2. The van der Waals surface area contributed by atoms with Gasteiger partial charge in [0.1, 0.15) is 0 Å². The van der Waals surface area contributed by atoms with Crippen LogP contribution in [0.4, 0.5) is 0 Å². The molecule has 84 valence electrons. The molecule has 0 radical (unpaired) electrons. The minimum absolute atomic E-state index is 0.0558. The van der Waals surface area contributed by atoms with Crippen molar-refractivity contribution >= 4 is 11.8 Å². The Hall–Kier alpha value is 1.04. The maximum absolute atomic E-state index is 10.9. The van der Waals surface area contributed by atoms with Crippen LogP contribution in [-0.2, 0) is 0 Å². The van der Waals surface area contributed by atoms with Gasteiger partial charge in [-0.2, -0.15) is 0 Å². The van der Waals surface area contributed by atoms with Crippen LogP contribution >= 0.6 is 11.8 Å². The molecule has 2 saturated carbocycles. The van der Waals surface area contributed by atoms with Crippen molar-refractivity contribution < 1.29 is 26.3 Å². The monoisotopic (exact) mass is 327 g/mol. The van der Waals surface area contributed by atoms with E-state index in [2.05, 4.69) is 18.1 Å². The molecule has 2 fully saturated rings. The first-order chi connectivity index (χ1) is 6.58. The predicted octanol–water partition coefficient (Wildman–Crippen LogP) is -0.664. The fourth-order valence-electron chi connectivity index (χ4n) is 3.45. The van der Waals surface area contributed by atoms with Crippen LogP contribution in [0.5, 0.6) is 0 Å². The molecule has 2 aliphatic rings. The average molecular weight is 327 g/mol. The summed E-state index contributed by atoms with van der Waals surface area (Å²) in [5.74, 6) is 0.622. The van der Waals surface area contributed by atoms with Crippen molar-refractivity contribution in [3.8, 4) is 0 Å². The van der Waals surface area contributed by atoms with Gasteiger partial charge in [-0.1, -0.05) is 0 Å². The van der Waals surface area contributed by atoms with E-state index < -0.39 is 0 Å². The van der Waals surface area contributed by atoms with Crippen LogP contribution in [0.1, 0.15) is 32.6 Å². The Kier molecular flexibility index (Phi) is 3.13. The van der Waals surface area contributed by atoms with Crippen molar-refractivity contribution in [1.82, 2.24) is 0 Å². The molecule has 4 unspecified atom stereocenters. The standard InChI is InChI=1S/C11H20IOS/c1-10-6-4-5-8(7-9(10)14-3)11(10,13)12-2/h8-9,13H,4-7H2,1-3H3/q-1. The van der Waals surface area contributed by atoms with E-state index in [0.717, 1.165) is 0 Å². The first-order valence-electron chi connectivity index (χ1n) is 5.34. The molecule has 2 bridgehead atoms. The van der Waals surface area contributed by atoms with Gasteiger partial charge in [0.15, 0.2) is 0 Å². The Morgan fingerprint density at radius 1 is 1.50 bits per heavy atom.